The van der Waals surface area contributed by atoms with Gasteiger partial charge in [0.1, 0.15) is 6.61 Å². The van der Waals surface area contributed by atoms with Crippen molar-refractivity contribution in [2.45, 2.75) is 148 Å². The highest BCUT2D eigenvalue weighted by atomic mass is 31.2. The van der Waals surface area contributed by atoms with Crippen LogP contribution < -0.4 is 5.73 Å². The van der Waals surface area contributed by atoms with Crippen molar-refractivity contribution in [3.05, 3.63) is 60.8 Å². The van der Waals surface area contributed by atoms with Gasteiger partial charge in [-0.15, -0.1) is 0 Å². The number of allylic oxidation sites excluding steroid dienone is 9. The Morgan fingerprint density at radius 1 is 0.686 bits per heavy atom. The van der Waals surface area contributed by atoms with Crippen molar-refractivity contribution in [2.24, 2.45) is 5.73 Å². The number of hydrogen-bond acceptors (Lipinski definition) is 10. The van der Waals surface area contributed by atoms with Gasteiger partial charge in [0, 0.05) is 19.4 Å². The molecular formula is C39H68NO10P. The van der Waals surface area contributed by atoms with Crippen molar-refractivity contribution in [3.8, 4) is 0 Å². The molecule has 0 spiro atoms. The number of esters is 2. The number of hydrogen-bond donors (Lipinski definition) is 4. The molecule has 0 aliphatic heterocycles. The van der Waals surface area contributed by atoms with Crippen molar-refractivity contribution < 1.29 is 47.8 Å². The van der Waals surface area contributed by atoms with Crippen LogP contribution >= 0.6 is 7.82 Å². The fourth-order valence-electron chi connectivity index (χ4n) is 4.64. The largest absolute Gasteiger partial charge is 0.472 e. The second-order valence-corrected chi connectivity index (χ2v) is 13.8. The van der Waals surface area contributed by atoms with Gasteiger partial charge < -0.3 is 30.3 Å². The van der Waals surface area contributed by atoms with Gasteiger partial charge >= 0.3 is 19.8 Å². The lowest BCUT2D eigenvalue weighted by atomic mass is 10.0. The molecule has 294 valence electrons. The van der Waals surface area contributed by atoms with Crippen molar-refractivity contribution in [2.75, 3.05) is 26.4 Å². The number of carbonyl (C=O) groups is 2. The third-order valence-electron chi connectivity index (χ3n) is 7.59. The van der Waals surface area contributed by atoms with Crippen molar-refractivity contribution in [3.63, 3.8) is 0 Å². The summed E-state index contributed by atoms with van der Waals surface area (Å²) in [4.78, 5) is 34.7. The molecule has 11 nitrogen and oxygen atoms in total. The van der Waals surface area contributed by atoms with Crippen LogP contribution in [-0.2, 0) is 32.7 Å². The molecule has 0 aromatic heterocycles. The number of ether oxygens (including phenoxy) is 2. The Bertz CT molecular complexity index is 1060. The minimum absolute atomic E-state index is 0.00968. The topological polar surface area (TPSA) is 175 Å². The van der Waals surface area contributed by atoms with Gasteiger partial charge in [-0.05, 0) is 70.6 Å². The monoisotopic (exact) mass is 741 g/mol. The van der Waals surface area contributed by atoms with Crippen LogP contribution in [0.15, 0.2) is 60.8 Å². The molecule has 51 heavy (non-hydrogen) atoms. The van der Waals surface area contributed by atoms with E-state index >= 15 is 0 Å². The zero-order valence-electron chi connectivity index (χ0n) is 31.3. The number of phosphoric ester groups is 1. The first-order chi connectivity index (χ1) is 24.6. The standard InChI is InChI=1S/C39H68NO10P/c1-3-5-7-9-11-13-15-17-18-20-22-24-27-36(41)37(42)28-26-30-38(43)47-33-35(34-49-51(45,46)48-32-31-40)50-39(44)29-25-23-21-19-16-14-12-10-8-6-4-2/h5,7,10-13,17-18,22,24,35-37,41-42H,3-4,6,8-9,14-16,19-21,23,25-34,40H2,1-2H3,(H,45,46)/b7-5-,12-10-,13-11-,18-17-,24-22-/t35-,36+,37+/m1/s1. The molecule has 0 radical (unpaired) electrons. The molecule has 0 rings (SSSR count). The number of aliphatic hydroxyl groups is 2. The van der Waals surface area contributed by atoms with Gasteiger partial charge in [-0.1, -0.05) is 107 Å². The van der Waals surface area contributed by atoms with E-state index in [4.69, 9.17) is 24.3 Å². The Morgan fingerprint density at radius 3 is 1.92 bits per heavy atom. The first kappa shape index (κ1) is 48.6. The molecule has 0 heterocycles. The van der Waals surface area contributed by atoms with E-state index in [2.05, 4.69) is 56.4 Å². The second-order valence-electron chi connectivity index (χ2n) is 12.4. The lowest BCUT2D eigenvalue weighted by Crippen LogP contribution is -2.30. The molecule has 0 fully saturated rings. The number of carbonyl (C=O) groups excluding carboxylic acids is 2. The Hall–Kier alpha value is -2.37. The van der Waals surface area contributed by atoms with Gasteiger partial charge in [0.25, 0.3) is 0 Å². The fraction of sp³-hybridized carbons (Fsp3) is 0.692. The van der Waals surface area contributed by atoms with E-state index in [0.717, 1.165) is 64.2 Å². The molecule has 4 atom stereocenters. The molecule has 0 amide bonds. The average molecular weight is 742 g/mol. The van der Waals surface area contributed by atoms with Crippen LogP contribution in [0.3, 0.4) is 0 Å². The van der Waals surface area contributed by atoms with Crippen LogP contribution in [0.1, 0.15) is 129 Å². The van der Waals surface area contributed by atoms with Crippen LogP contribution in [0.4, 0.5) is 0 Å². The highest BCUT2D eigenvalue weighted by Crippen LogP contribution is 2.43. The summed E-state index contributed by atoms with van der Waals surface area (Å²) in [7, 11) is -4.44. The average Bonchev–Trinajstić information content (AvgIpc) is 3.11. The maximum atomic E-state index is 12.5. The summed E-state index contributed by atoms with van der Waals surface area (Å²) in [5, 5.41) is 20.6. The Labute approximate surface area is 307 Å². The zero-order valence-corrected chi connectivity index (χ0v) is 32.2. The first-order valence-corrected chi connectivity index (χ1v) is 20.4. The predicted octanol–water partition coefficient (Wildman–Crippen LogP) is 8.10. The van der Waals surface area contributed by atoms with Crippen LogP contribution in [0.5, 0.6) is 0 Å². The quantitative estimate of drug-likeness (QED) is 0.0217. The van der Waals surface area contributed by atoms with Gasteiger partial charge in [-0.3, -0.25) is 18.6 Å². The highest BCUT2D eigenvalue weighted by Gasteiger charge is 2.26. The normalized spacial score (nSPS) is 15.3. The van der Waals surface area contributed by atoms with Crippen LogP contribution in [-0.4, -0.2) is 71.7 Å². The minimum atomic E-state index is -4.44. The lowest BCUT2D eigenvalue weighted by molar-refractivity contribution is -0.161. The zero-order chi connectivity index (χ0) is 37.8. The number of aliphatic hydroxyl groups excluding tert-OH is 2. The molecule has 0 bridgehead atoms. The van der Waals surface area contributed by atoms with E-state index in [9.17, 15) is 29.3 Å². The molecule has 5 N–H and O–H groups in total. The summed E-state index contributed by atoms with van der Waals surface area (Å²) in [5.41, 5.74) is 5.31. The van der Waals surface area contributed by atoms with E-state index in [-0.39, 0.29) is 51.9 Å². The van der Waals surface area contributed by atoms with Gasteiger partial charge in [0.05, 0.1) is 25.4 Å². The minimum Gasteiger partial charge on any atom is -0.462 e. The molecule has 0 aliphatic rings. The second kappa shape index (κ2) is 34.7. The first-order valence-electron chi connectivity index (χ1n) is 18.9. The summed E-state index contributed by atoms with van der Waals surface area (Å²) in [5.74, 6) is -1.14. The van der Waals surface area contributed by atoms with Crippen LogP contribution in [0.25, 0.3) is 0 Å². The molecule has 12 heteroatoms. The third kappa shape index (κ3) is 33.2. The molecule has 0 aliphatic carbocycles. The molecule has 0 aromatic carbocycles. The summed E-state index contributed by atoms with van der Waals surface area (Å²) in [6.45, 7) is 3.19. The summed E-state index contributed by atoms with van der Waals surface area (Å²) >= 11 is 0. The highest BCUT2D eigenvalue weighted by molar-refractivity contribution is 7.47. The summed E-state index contributed by atoms with van der Waals surface area (Å²) < 4.78 is 32.4. The maximum absolute atomic E-state index is 12.5. The molecule has 0 saturated carbocycles. The van der Waals surface area contributed by atoms with Crippen LogP contribution in [0, 0.1) is 0 Å². The van der Waals surface area contributed by atoms with E-state index in [1.54, 1.807) is 0 Å². The Morgan fingerprint density at radius 2 is 1.27 bits per heavy atom. The number of rotatable bonds is 34. The third-order valence-corrected chi connectivity index (χ3v) is 8.57. The van der Waals surface area contributed by atoms with E-state index < -0.39 is 44.7 Å². The van der Waals surface area contributed by atoms with Gasteiger partial charge in [-0.25, -0.2) is 4.57 Å². The molecular weight excluding hydrogens is 673 g/mol. The van der Waals surface area contributed by atoms with Crippen molar-refractivity contribution in [1.82, 2.24) is 0 Å². The van der Waals surface area contributed by atoms with E-state index in [1.165, 1.54) is 12.8 Å². The number of nitrogens with two attached hydrogens (primary N) is 1. The maximum Gasteiger partial charge on any atom is 0.472 e. The van der Waals surface area contributed by atoms with Gasteiger partial charge in [-0.2, -0.15) is 0 Å². The Kier molecular flexibility index (Phi) is 33.1. The predicted molar refractivity (Wildman–Crippen MR) is 204 cm³/mol. The van der Waals surface area contributed by atoms with Crippen LogP contribution in [0.2, 0.25) is 0 Å². The lowest BCUT2D eigenvalue weighted by Gasteiger charge is -2.20. The molecule has 0 saturated heterocycles. The molecule has 0 aromatic rings. The smallest absolute Gasteiger partial charge is 0.462 e. The summed E-state index contributed by atoms with van der Waals surface area (Å²) in [6.07, 6.45) is 31.5. The number of unbranched alkanes of at least 4 members (excludes halogenated alkanes) is 7. The fourth-order valence-corrected chi connectivity index (χ4v) is 5.41. The molecule has 1 unspecified atom stereocenters. The van der Waals surface area contributed by atoms with Gasteiger partial charge in [0.2, 0.25) is 0 Å². The van der Waals surface area contributed by atoms with Crippen molar-refractivity contribution in [1.29, 1.82) is 0 Å². The van der Waals surface area contributed by atoms with Gasteiger partial charge in [0.15, 0.2) is 6.10 Å². The summed E-state index contributed by atoms with van der Waals surface area (Å²) in [6, 6.07) is 0. The van der Waals surface area contributed by atoms with E-state index in [0.29, 0.717) is 6.42 Å². The SMILES string of the molecule is CC/C=C\C/C=C\C/C=C\C/C=C\C[C@H](O)[C@@H](O)CCCC(=O)OC[C@H](COP(=O)(O)OCCN)OC(=O)CCCCCCC/C=C\CCCC. The number of phosphoric acid groups is 1. The Balaban J connectivity index is 4.50. The van der Waals surface area contributed by atoms with E-state index in [1.807, 2.05) is 18.2 Å². The van der Waals surface area contributed by atoms with Crippen molar-refractivity contribution >= 4 is 19.8 Å².